The van der Waals surface area contributed by atoms with Gasteiger partial charge in [-0.3, -0.25) is 9.79 Å². The predicted octanol–water partition coefficient (Wildman–Crippen LogP) is 2.62. The number of ether oxygens (including phenoxy) is 1. The Hall–Kier alpha value is -1.22. The van der Waals surface area contributed by atoms with Gasteiger partial charge in [-0.2, -0.15) is 0 Å². The highest BCUT2D eigenvalue weighted by atomic mass is 127. The summed E-state index contributed by atoms with van der Waals surface area (Å²) >= 11 is 5.84. The summed E-state index contributed by atoms with van der Waals surface area (Å²) in [6, 6.07) is 7.28. The maximum Gasteiger partial charge on any atom is 0.222 e. The van der Waals surface area contributed by atoms with E-state index in [1.807, 2.05) is 37.9 Å². The number of amides is 1. The number of carbonyl (C=O) groups is 1. The molecule has 0 heterocycles. The smallest absolute Gasteiger partial charge is 0.222 e. The first-order valence-corrected chi connectivity index (χ1v) is 8.39. The van der Waals surface area contributed by atoms with E-state index in [9.17, 15) is 4.79 Å². The van der Waals surface area contributed by atoms with Crippen molar-refractivity contribution in [1.82, 2.24) is 15.5 Å². The lowest BCUT2D eigenvalue weighted by molar-refractivity contribution is -0.123. The van der Waals surface area contributed by atoms with Crippen molar-refractivity contribution in [1.29, 1.82) is 0 Å². The number of halogens is 2. The van der Waals surface area contributed by atoms with Crippen molar-refractivity contribution in [3.8, 4) is 5.75 Å². The minimum absolute atomic E-state index is 0. The lowest BCUT2D eigenvalue weighted by Crippen LogP contribution is -2.44. The van der Waals surface area contributed by atoms with Crippen LogP contribution in [0.25, 0.3) is 0 Å². The standard InChI is InChI=1S/C17H27ClN4O2.HI/c1-13(2)16(23)20-9-10-21-17(19-3)22(4)11-12-24-15-7-5-14(18)6-8-15;/h5-8,13H,9-12H2,1-4H3,(H,19,21)(H,20,23);1H. The monoisotopic (exact) mass is 482 g/mol. The Bertz CT molecular complexity index is 538. The molecule has 8 heteroatoms. The van der Waals surface area contributed by atoms with Crippen LogP contribution in [-0.2, 0) is 4.79 Å². The summed E-state index contributed by atoms with van der Waals surface area (Å²) in [6.07, 6.45) is 0. The minimum Gasteiger partial charge on any atom is -0.492 e. The summed E-state index contributed by atoms with van der Waals surface area (Å²) in [6.45, 7) is 6.13. The first kappa shape index (κ1) is 23.8. The Labute approximate surface area is 172 Å². The number of hydrogen-bond donors (Lipinski definition) is 2. The molecule has 2 N–H and O–H groups in total. The molecule has 0 radical (unpaired) electrons. The van der Waals surface area contributed by atoms with E-state index in [0.717, 1.165) is 11.7 Å². The topological polar surface area (TPSA) is 66.0 Å². The molecule has 1 rings (SSSR count). The van der Waals surface area contributed by atoms with Crippen LogP contribution in [0.3, 0.4) is 0 Å². The van der Waals surface area contributed by atoms with Crippen LogP contribution < -0.4 is 15.4 Å². The lowest BCUT2D eigenvalue weighted by atomic mass is 10.2. The average Bonchev–Trinajstić information content (AvgIpc) is 2.56. The Morgan fingerprint density at radius 1 is 1.24 bits per heavy atom. The van der Waals surface area contributed by atoms with E-state index < -0.39 is 0 Å². The van der Waals surface area contributed by atoms with E-state index in [1.54, 1.807) is 19.2 Å². The summed E-state index contributed by atoms with van der Waals surface area (Å²) in [5.74, 6) is 1.59. The van der Waals surface area contributed by atoms with Crippen molar-refractivity contribution >= 4 is 47.4 Å². The molecule has 0 aliphatic rings. The van der Waals surface area contributed by atoms with Gasteiger partial charge >= 0.3 is 0 Å². The van der Waals surface area contributed by atoms with Gasteiger partial charge in [0.05, 0.1) is 6.54 Å². The van der Waals surface area contributed by atoms with Crippen LogP contribution in [0.1, 0.15) is 13.8 Å². The van der Waals surface area contributed by atoms with Crippen molar-refractivity contribution in [2.24, 2.45) is 10.9 Å². The molecule has 25 heavy (non-hydrogen) atoms. The van der Waals surface area contributed by atoms with Crippen LogP contribution in [0.2, 0.25) is 5.02 Å². The van der Waals surface area contributed by atoms with Crippen LogP contribution in [-0.4, -0.2) is 57.1 Å². The number of aliphatic imine (C=N–C) groups is 1. The van der Waals surface area contributed by atoms with Gasteiger partial charge in [-0.05, 0) is 24.3 Å². The first-order valence-electron chi connectivity index (χ1n) is 8.02. The van der Waals surface area contributed by atoms with Gasteiger partial charge in [0.2, 0.25) is 5.91 Å². The molecule has 142 valence electrons. The summed E-state index contributed by atoms with van der Waals surface area (Å²) in [5, 5.41) is 6.76. The third kappa shape index (κ3) is 9.74. The lowest BCUT2D eigenvalue weighted by Gasteiger charge is -2.22. The third-order valence-corrected chi connectivity index (χ3v) is 3.57. The van der Waals surface area contributed by atoms with Gasteiger partial charge in [-0.25, -0.2) is 0 Å². The second-order valence-electron chi connectivity index (χ2n) is 5.64. The predicted molar refractivity (Wildman–Crippen MR) is 114 cm³/mol. The summed E-state index contributed by atoms with van der Waals surface area (Å²) in [4.78, 5) is 17.7. The Morgan fingerprint density at radius 2 is 1.84 bits per heavy atom. The number of hydrogen-bond acceptors (Lipinski definition) is 3. The van der Waals surface area contributed by atoms with Crippen molar-refractivity contribution in [3.63, 3.8) is 0 Å². The zero-order chi connectivity index (χ0) is 17.9. The fraction of sp³-hybridized carbons (Fsp3) is 0.529. The van der Waals surface area contributed by atoms with Gasteiger partial charge in [0.15, 0.2) is 5.96 Å². The molecule has 0 atom stereocenters. The molecule has 0 aromatic heterocycles. The zero-order valence-corrected chi connectivity index (χ0v) is 18.3. The van der Waals surface area contributed by atoms with Crippen molar-refractivity contribution in [2.45, 2.75) is 13.8 Å². The van der Waals surface area contributed by atoms with E-state index in [-0.39, 0.29) is 35.8 Å². The van der Waals surface area contributed by atoms with Crippen LogP contribution >= 0.6 is 35.6 Å². The van der Waals surface area contributed by atoms with Crippen LogP contribution in [0.5, 0.6) is 5.75 Å². The number of guanidine groups is 1. The van der Waals surface area contributed by atoms with Gasteiger partial charge in [0, 0.05) is 38.1 Å². The molecule has 1 aromatic rings. The molecule has 0 fully saturated rings. The van der Waals surface area contributed by atoms with Crippen molar-refractivity contribution in [3.05, 3.63) is 29.3 Å². The molecule has 0 aliphatic heterocycles. The van der Waals surface area contributed by atoms with Crippen molar-refractivity contribution < 1.29 is 9.53 Å². The summed E-state index contributed by atoms with van der Waals surface area (Å²) < 4.78 is 5.67. The highest BCUT2D eigenvalue weighted by Crippen LogP contribution is 2.15. The van der Waals surface area contributed by atoms with E-state index in [2.05, 4.69) is 15.6 Å². The second-order valence-corrected chi connectivity index (χ2v) is 6.08. The number of rotatable bonds is 8. The molecule has 0 bridgehead atoms. The molecule has 6 nitrogen and oxygen atoms in total. The highest BCUT2D eigenvalue weighted by Gasteiger charge is 2.07. The Morgan fingerprint density at radius 3 is 2.40 bits per heavy atom. The highest BCUT2D eigenvalue weighted by molar-refractivity contribution is 14.0. The summed E-state index contributed by atoms with van der Waals surface area (Å²) in [5.41, 5.74) is 0. The normalized spacial score (nSPS) is 10.9. The van der Waals surface area contributed by atoms with Crippen LogP contribution in [0, 0.1) is 5.92 Å². The van der Waals surface area contributed by atoms with E-state index in [4.69, 9.17) is 16.3 Å². The largest absolute Gasteiger partial charge is 0.492 e. The molecular weight excluding hydrogens is 455 g/mol. The van der Waals surface area contributed by atoms with E-state index in [1.165, 1.54) is 0 Å². The zero-order valence-electron chi connectivity index (χ0n) is 15.2. The van der Waals surface area contributed by atoms with E-state index >= 15 is 0 Å². The molecule has 1 aromatic carbocycles. The van der Waals surface area contributed by atoms with Crippen LogP contribution in [0.15, 0.2) is 29.3 Å². The number of carbonyl (C=O) groups excluding carboxylic acids is 1. The van der Waals surface area contributed by atoms with Gasteiger partial charge in [0.25, 0.3) is 0 Å². The number of likely N-dealkylation sites (N-methyl/N-ethyl adjacent to an activating group) is 1. The van der Waals surface area contributed by atoms with E-state index in [0.29, 0.717) is 31.3 Å². The third-order valence-electron chi connectivity index (χ3n) is 3.31. The Kier molecular flexibility index (Phi) is 12.4. The summed E-state index contributed by atoms with van der Waals surface area (Å²) in [7, 11) is 3.67. The quantitative estimate of drug-likeness (QED) is 0.259. The molecule has 0 aliphatic carbocycles. The maximum atomic E-state index is 11.5. The molecule has 0 saturated heterocycles. The molecule has 0 spiro atoms. The van der Waals surface area contributed by atoms with Crippen molar-refractivity contribution in [2.75, 3.05) is 40.3 Å². The first-order chi connectivity index (χ1) is 11.4. The fourth-order valence-electron chi connectivity index (χ4n) is 1.89. The van der Waals surface area contributed by atoms with Gasteiger partial charge in [0.1, 0.15) is 12.4 Å². The molecule has 0 saturated carbocycles. The fourth-order valence-corrected chi connectivity index (χ4v) is 2.01. The molecular formula is C17H28ClIN4O2. The second kappa shape index (κ2) is 13.0. The minimum atomic E-state index is -0.00278. The van der Waals surface area contributed by atoms with Gasteiger partial charge in [-0.1, -0.05) is 25.4 Å². The SMILES string of the molecule is CN=C(NCCNC(=O)C(C)C)N(C)CCOc1ccc(Cl)cc1.I. The molecule has 1 amide bonds. The Balaban J connectivity index is 0.00000576. The van der Waals surface area contributed by atoms with Gasteiger partial charge < -0.3 is 20.3 Å². The van der Waals surface area contributed by atoms with Gasteiger partial charge in [-0.15, -0.1) is 24.0 Å². The average molecular weight is 483 g/mol. The number of nitrogens with zero attached hydrogens (tertiary/aromatic N) is 2. The number of benzene rings is 1. The molecule has 0 unspecified atom stereocenters. The number of nitrogens with one attached hydrogen (secondary N) is 2. The maximum absolute atomic E-state index is 11.5. The van der Waals surface area contributed by atoms with Crippen LogP contribution in [0.4, 0.5) is 0 Å².